The van der Waals surface area contributed by atoms with Gasteiger partial charge in [0.15, 0.2) is 6.29 Å². The summed E-state index contributed by atoms with van der Waals surface area (Å²) in [6.45, 7) is 2.83. The van der Waals surface area contributed by atoms with Crippen LogP contribution in [-0.2, 0) is 9.47 Å². The zero-order valence-electron chi connectivity index (χ0n) is 12.4. The van der Waals surface area contributed by atoms with Crippen LogP contribution in [0.3, 0.4) is 0 Å². The Morgan fingerprint density at radius 1 is 1.14 bits per heavy atom. The van der Waals surface area contributed by atoms with E-state index in [1.807, 2.05) is 4.90 Å². The van der Waals surface area contributed by atoms with Crippen molar-refractivity contribution in [1.29, 1.82) is 0 Å². The molecule has 1 N–H and O–H groups in total. The van der Waals surface area contributed by atoms with Crippen molar-refractivity contribution in [2.75, 3.05) is 31.6 Å². The molecule has 0 spiro atoms. The number of nitrogens with zero attached hydrogens (tertiary/aromatic N) is 3. The van der Waals surface area contributed by atoms with E-state index < -0.39 is 0 Å². The molecule has 3 heterocycles. The second kappa shape index (κ2) is 6.10. The first-order valence-corrected chi connectivity index (χ1v) is 8.74. The van der Waals surface area contributed by atoms with Gasteiger partial charge >= 0.3 is 6.03 Å². The van der Waals surface area contributed by atoms with Crippen LogP contribution in [0.5, 0.6) is 0 Å². The van der Waals surface area contributed by atoms with Crippen LogP contribution in [0, 0.1) is 5.92 Å². The van der Waals surface area contributed by atoms with Crippen LogP contribution >= 0.6 is 11.3 Å². The molecule has 2 saturated heterocycles. The molecular weight excluding hydrogens is 304 g/mol. The maximum absolute atomic E-state index is 12.3. The molecule has 7 nitrogen and oxygen atoms in total. The van der Waals surface area contributed by atoms with E-state index in [4.69, 9.17) is 9.47 Å². The first-order chi connectivity index (χ1) is 10.8. The van der Waals surface area contributed by atoms with Crippen molar-refractivity contribution in [1.82, 2.24) is 15.1 Å². The van der Waals surface area contributed by atoms with Crippen LogP contribution in [0.25, 0.3) is 0 Å². The second-order valence-electron chi connectivity index (χ2n) is 6.08. The smallest absolute Gasteiger partial charge is 0.323 e. The maximum Gasteiger partial charge on any atom is 0.323 e. The molecule has 1 aromatic heterocycles. The number of nitrogens with one attached hydrogen (secondary N) is 1. The Hall–Kier alpha value is -1.25. The van der Waals surface area contributed by atoms with Crippen LogP contribution in [0.15, 0.2) is 0 Å². The van der Waals surface area contributed by atoms with Gasteiger partial charge in [-0.3, -0.25) is 5.32 Å². The highest BCUT2D eigenvalue weighted by Gasteiger charge is 2.32. The fourth-order valence-electron chi connectivity index (χ4n) is 2.97. The highest BCUT2D eigenvalue weighted by molar-refractivity contribution is 7.15. The Morgan fingerprint density at radius 3 is 2.55 bits per heavy atom. The average Bonchev–Trinajstić information content (AvgIpc) is 3.06. The Bertz CT molecular complexity index is 534. The van der Waals surface area contributed by atoms with Crippen molar-refractivity contribution in [3.05, 3.63) is 5.01 Å². The number of carbonyl (C=O) groups excluding carboxylic acids is 1. The number of piperidine rings is 1. The van der Waals surface area contributed by atoms with Gasteiger partial charge < -0.3 is 14.4 Å². The SMILES string of the molecule is O=C(Nc1nnc(C2CC2)s1)N1CCC(C2OCCO2)CC1. The highest BCUT2D eigenvalue weighted by atomic mass is 32.1. The molecule has 0 atom stereocenters. The molecule has 3 fully saturated rings. The van der Waals surface area contributed by atoms with Gasteiger partial charge in [0, 0.05) is 24.9 Å². The zero-order chi connectivity index (χ0) is 14.9. The van der Waals surface area contributed by atoms with Crippen LogP contribution in [-0.4, -0.2) is 53.7 Å². The van der Waals surface area contributed by atoms with Gasteiger partial charge in [0.2, 0.25) is 5.13 Å². The van der Waals surface area contributed by atoms with E-state index in [1.165, 1.54) is 24.2 Å². The van der Waals surface area contributed by atoms with Crippen molar-refractivity contribution in [2.24, 2.45) is 5.92 Å². The molecule has 4 rings (SSSR count). The number of aromatic nitrogens is 2. The third kappa shape index (κ3) is 3.09. The Kier molecular flexibility index (Phi) is 3.98. The van der Waals surface area contributed by atoms with Gasteiger partial charge in [-0.1, -0.05) is 11.3 Å². The van der Waals surface area contributed by atoms with Gasteiger partial charge in [-0.25, -0.2) is 4.79 Å². The summed E-state index contributed by atoms with van der Waals surface area (Å²) in [7, 11) is 0. The molecule has 8 heteroatoms. The molecule has 0 unspecified atom stereocenters. The Labute approximate surface area is 133 Å². The largest absolute Gasteiger partial charge is 0.350 e. The molecule has 3 aliphatic rings. The van der Waals surface area contributed by atoms with Crippen LogP contribution in [0.4, 0.5) is 9.93 Å². The number of ether oxygens (including phenoxy) is 2. The number of likely N-dealkylation sites (tertiary alicyclic amines) is 1. The molecule has 1 saturated carbocycles. The van der Waals surface area contributed by atoms with E-state index in [2.05, 4.69) is 15.5 Å². The minimum atomic E-state index is -0.0785. The third-order valence-electron chi connectivity index (χ3n) is 4.44. The number of carbonyl (C=O) groups is 1. The lowest BCUT2D eigenvalue weighted by Crippen LogP contribution is -2.43. The molecule has 1 aromatic rings. The van der Waals surface area contributed by atoms with Gasteiger partial charge in [0.1, 0.15) is 5.01 Å². The molecular formula is C14H20N4O3S. The average molecular weight is 324 g/mol. The molecule has 120 valence electrons. The monoisotopic (exact) mass is 324 g/mol. The lowest BCUT2D eigenvalue weighted by atomic mass is 9.96. The van der Waals surface area contributed by atoms with E-state index in [0.29, 0.717) is 30.2 Å². The number of hydrogen-bond acceptors (Lipinski definition) is 6. The summed E-state index contributed by atoms with van der Waals surface area (Å²) in [5, 5.41) is 12.7. The highest BCUT2D eigenvalue weighted by Crippen LogP contribution is 2.42. The number of amides is 2. The van der Waals surface area contributed by atoms with E-state index >= 15 is 0 Å². The standard InChI is InChI=1S/C14H20N4O3S/c19-14(15-13-17-16-11(22-13)9-1-2-9)18-5-3-10(4-6-18)12-20-7-8-21-12/h9-10,12H,1-8H2,(H,15,17,19). The first kappa shape index (κ1) is 14.3. The predicted octanol–water partition coefficient (Wildman–Crippen LogP) is 2.03. The Morgan fingerprint density at radius 2 is 1.86 bits per heavy atom. The van der Waals surface area contributed by atoms with Crippen LogP contribution < -0.4 is 5.32 Å². The predicted molar refractivity (Wildman–Crippen MR) is 80.9 cm³/mol. The molecule has 0 bridgehead atoms. The topological polar surface area (TPSA) is 76.6 Å². The van der Waals surface area contributed by atoms with Crippen molar-refractivity contribution in [3.63, 3.8) is 0 Å². The second-order valence-corrected chi connectivity index (χ2v) is 7.09. The number of urea groups is 1. The fourth-order valence-corrected chi connectivity index (χ4v) is 3.88. The fraction of sp³-hybridized carbons (Fsp3) is 0.786. The van der Waals surface area contributed by atoms with Crippen molar-refractivity contribution in [2.45, 2.75) is 37.9 Å². The lowest BCUT2D eigenvalue weighted by Gasteiger charge is -2.33. The Balaban J connectivity index is 1.27. The summed E-state index contributed by atoms with van der Waals surface area (Å²) in [6.07, 6.45) is 4.15. The van der Waals surface area contributed by atoms with Crippen LogP contribution in [0.1, 0.15) is 36.6 Å². The normalized spacial score (nSPS) is 23.9. The molecule has 2 amide bonds. The number of anilines is 1. The quantitative estimate of drug-likeness (QED) is 0.920. The number of hydrogen-bond donors (Lipinski definition) is 1. The summed E-state index contributed by atoms with van der Waals surface area (Å²) in [6, 6.07) is -0.0785. The zero-order valence-corrected chi connectivity index (χ0v) is 13.2. The van der Waals surface area contributed by atoms with Crippen LogP contribution in [0.2, 0.25) is 0 Å². The summed E-state index contributed by atoms with van der Waals surface area (Å²) in [5.74, 6) is 0.972. The molecule has 22 heavy (non-hydrogen) atoms. The summed E-state index contributed by atoms with van der Waals surface area (Å²) in [5.41, 5.74) is 0. The summed E-state index contributed by atoms with van der Waals surface area (Å²) in [4.78, 5) is 14.1. The lowest BCUT2D eigenvalue weighted by molar-refractivity contribution is -0.0950. The van der Waals surface area contributed by atoms with E-state index in [9.17, 15) is 4.79 Å². The maximum atomic E-state index is 12.3. The van der Waals surface area contributed by atoms with Crippen molar-refractivity contribution < 1.29 is 14.3 Å². The van der Waals surface area contributed by atoms with E-state index in [0.717, 1.165) is 30.9 Å². The molecule has 2 aliphatic heterocycles. The molecule has 1 aliphatic carbocycles. The summed E-state index contributed by atoms with van der Waals surface area (Å²) >= 11 is 1.50. The van der Waals surface area contributed by atoms with Gasteiger partial charge in [-0.05, 0) is 25.7 Å². The van der Waals surface area contributed by atoms with Crippen molar-refractivity contribution in [3.8, 4) is 0 Å². The molecule has 0 radical (unpaired) electrons. The van der Waals surface area contributed by atoms with Crippen molar-refractivity contribution >= 4 is 22.5 Å². The minimum Gasteiger partial charge on any atom is -0.350 e. The van der Waals surface area contributed by atoms with Gasteiger partial charge in [-0.2, -0.15) is 0 Å². The van der Waals surface area contributed by atoms with Gasteiger partial charge in [0.05, 0.1) is 13.2 Å². The first-order valence-electron chi connectivity index (χ1n) is 7.92. The van der Waals surface area contributed by atoms with Gasteiger partial charge in [-0.15, -0.1) is 10.2 Å². The number of rotatable bonds is 3. The van der Waals surface area contributed by atoms with E-state index in [-0.39, 0.29) is 12.3 Å². The van der Waals surface area contributed by atoms with E-state index in [1.54, 1.807) is 0 Å². The third-order valence-corrected chi connectivity index (χ3v) is 5.44. The molecule has 0 aromatic carbocycles. The van der Waals surface area contributed by atoms with Gasteiger partial charge in [0.25, 0.3) is 0 Å². The summed E-state index contributed by atoms with van der Waals surface area (Å²) < 4.78 is 11.1. The minimum absolute atomic E-state index is 0.0746.